The van der Waals surface area contributed by atoms with Crippen LogP contribution < -0.4 is 5.32 Å². The number of benzene rings is 3. The molecule has 130 valence electrons. The zero-order chi connectivity index (χ0) is 17.4. The molecule has 2 fully saturated rings. The van der Waals surface area contributed by atoms with Crippen LogP contribution in [-0.4, -0.2) is 24.5 Å². The Balaban J connectivity index is 1.41. The van der Waals surface area contributed by atoms with Crippen LogP contribution in [0, 0.1) is 5.41 Å². The molecule has 2 aliphatic rings. The topological polar surface area (TPSA) is 15.3 Å². The maximum Gasteiger partial charge on any atom is 0.0602 e. The Morgan fingerprint density at radius 2 is 1.23 bits per heavy atom. The van der Waals surface area contributed by atoms with Crippen molar-refractivity contribution >= 4 is 0 Å². The first kappa shape index (κ1) is 15.8. The van der Waals surface area contributed by atoms with Crippen molar-refractivity contribution in [3.63, 3.8) is 0 Å². The van der Waals surface area contributed by atoms with Crippen molar-refractivity contribution in [1.29, 1.82) is 0 Å². The fraction of sp³-hybridized carbons (Fsp3) is 0.250. The Morgan fingerprint density at radius 3 is 1.69 bits per heavy atom. The Bertz CT molecular complexity index is 815. The van der Waals surface area contributed by atoms with Crippen molar-refractivity contribution < 1.29 is 0 Å². The van der Waals surface area contributed by atoms with Crippen molar-refractivity contribution in [2.24, 2.45) is 5.41 Å². The lowest BCUT2D eigenvalue weighted by Gasteiger charge is -2.63. The third-order valence-corrected chi connectivity index (χ3v) is 6.04. The summed E-state index contributed by atoms with van der Waals surface area (Å²) in [6.45, 7) is 3.42. The normalized spacial score (nSPS) is 21.3. The highest BCUT2D eigenvalue weighted by atomic mass is 15.3. The predicted molar refractivity (Wildman–Crippen MR) is 106 cm³/mol. The summed E-state index contributed by atoms with van der Waals surface area (Å²) < 4.78 is 0. The van der Waals surface area contributed by atoms with Gasteiger partial charge >= 0.3 is 0 Å². The fourth-order valence-corrected chi connectivity index (χ4v) is 4.73. The molecule has 0 amide bonds. The van der Waals surface area contributed by atoms with E-state index in [1.165, 1.54) is 16.7 Å². The molecule has 26 heavy (non-hydrogen) atoms. The molecule has 0 saturated carbocycles. The first-order chi connectivity index (χ1) is 12.9. The summed E-state index contributed by atoms with van der Waals surface area (Å²) in [6.07, 6.45) is 0. The number of nitrogens with one attached hydrogen (secondary N) is 1. The summed E-state index contributed by atoms with van der Waals surface area (Å²) in [5, 5.41) is 3.67. The molecule has 3 aromatic rings. The lowest BCUT2D eigenvalue weighted by molar-refractivity contribution is -0.0965. The minimum absolute atomic E-state index is 0.347. The Morgan fingerprint density at radius 1 is 0.731 bits per heavy atom. The van der Waals surface area contributed by atoms with Crippen molar-refractivity contribution in [2.45, 2.75) is 12.1 Å². The molecule has 2 heteroatoms. The monoisotopic (exact) mass is 340 g/mol. The fourth-order valence-electron chi connectivity index (χ4n) is 4.73. The van der Waals surface area contributed by atoms with Crippen molar-refractivity contribution in [3.05, 3.63) is 108 Å². The Labute approximate surface area is 155 Å². The molecule has 1 N–H and O–H groups in total. The van der Waals surface area contributed by atoms with Crippen LogP contribution in [0.1, 0.15) is 28.8 Å². The molecule has 0 aliphatic carbocycles. The van der Waals surface area contributed by atoms with Crippen molar-refractivity contribution in [1.82, 2.24) is 10.2 Å². The number of hydrogen-bond donors (Lipinski definition) is 1. The summed E-state index contributed by atoms with van der Waals surface area (Å²) in [5.41, 5.74) is 4.59. The maximum atomic E-state index is 3.67. The third-order valence-electron chi connectivity index (χ3n) is 6.04. The third kappa shape index (κ3) is 2.57. The molecule has 2 heterocycles. The van der Waals surface area contributed by atoms with Gasteiger partial charge in [-0.3, -0.25) is 4.90 Å². The van der Waals surface area contributed by atoms with E-state index in [0.29, 0.717) is 17.5 Å². The molecular formula is C24H24N2. The molecule has 2 aliphatic heterocycles. The number of hydrogen-bond acceptors (Lipinski definition) is 2. The highest BCUT2D eigenvalue weighted by Gasteiger charge is 2.56. The van der Waals surface area contributed by atoms with Gasteiger partial charge in [0.1, 0.15) is 0 Å². The molecule has 2 saturated heterocycles. The van der Waals surface area contributed by atoms with Crippen molar-refractivity contribution in [2.75, 3.05) is 19.6 Å². The van der Waals surface area contributed by atoms with Gasteiger partial charge in [-0.1, -0.05) is 91.0 Å². The molecule has 0 aromatic heterocycles. The first-order valence-corrected chi connectivity index (χ1v) is 9.48. The van der Waals surface area contributed by atoms with E-state index in [4.69, 9.17) is 0 Å². The average Bonchev–Trinajstić information content (AvgIpc) is 2.65. The van der Waals surface area contributed by atoms with Gasteiger partial charge in [0.15, 0.2) is 0 Å². The van der Waals surface area contributed by atoms with Crippen LogP contribution in [0.25, 0.3) is 0 Å². The lowest BCUT2D eigenvalue weighted by atomic mass is 9.64. The van der Waals surface area contributed by atoms with E-state index in [1.807, 2.05) is 0 Å². The molecule has 3 aromatic carbocycles. The van der Waals surface area contributed by atoms with Gasteiger partial charge in [-0.05, 0) is 16.7 Å². The zero-order valence-electron chi connectivity index (χ0n) is 14.9. The first-order valence-electron chi connectivity index (χ1n) is 9.48. The molecular weight excluding hydrogens is 316 g/mol. The van der Waals surface area contributed by atoms with Gasteiger partial charge < -0.3 is 5.32 Å². The van der Waals surface area contributed by atoms with Gasteiger partial charge in [0.2, 0.25) is 0 Å². The van der Waals surface area contributed by atoms with Gasteiger partial charge in [-0.25, -0.2) is 0 Å². The summed E-state index contributed by atoms with van der Waals surface area (Å²) in [7, 11) is 0. The second-order valence-electron chi connectivity index (χ2n) is 7.72. The standard InChI is InChI=1S/C24H24N2/c1-4-10-19(11-5-1)22(20-12-6-2-7-13-20)26-17-24(18-26)16-25-23(24)21-14-8-3-9-15-21/h1-15,22-23,25H,16-18H2/t23-/m0/s1. The number of likely N-dealkylation sites (tertiary alicyclic amines) is 1. The van der Waals surface area contributed by atoms with Gasteiger partial charge in [-0.2, -0.15) is 0 Å². The molecule has 5 rings (SSSR count). The molecule has 1 atom stereocenters. The van der Waals surface area contributed by atoms with Gasteiger partial charge in [0.25, 0.3) is 0 Å². The summed E-state index contributed by atoms with van der Waals surface area (Å²) in [6, 6.07) is 33.6. The Hall–Kier alpha value is -2.42. The highest BCUT2D eigenvalue weighted by molar-refractivity contribution is 5.35. The molecule has 2 nitrogen and oxygen atoms in total. The van der Waals surface area contributed by atoms with Crippen LogP contribution in [0.2, 0.25) is 0 Å². The SMILES string of the molecule is c1ccc(C(c2ccccc2)N2CC3(CN[C@H]3c3ccccc3)C2)cc1. The second-order valence-corrected chi connectivity index (χ2v) is 7.72. The van der Waals surface area contributed by atoms with Crippen LogP contribution in [0.15, 0.2) is 91.0 Å². The van der Waals surface area contributed by atoms with Crippen molar-refractivity contribution in [3.8, 4) is 0 Å². The van der Waals surface area contributed by atoms with E-state index >= 15 is 0 Å². The number of rotatable bonds is 4. The van der Waals surface area contributed by atoms with E-state index in [-0.39, 0.29) is 0 Å². The van der Waals surface area contributed by atoms with Crippen LogP contribution in [0.4, 0.5) is 0 Å². The Kier molecular flexibility index (Phi) is 3.88. The van der Waals surface area contributed by atoms with Gasteiger partial charge in [-0.15, -0.1) is 0 Å². The average molecular weight is 340 g/mol. The van der Waals surface area contributed by atoms with Crippen LogP contribution >= 0.6 is 0 Å². The van der Waals surface area contributed by atoms with Gasteiger partial charge in [0.05, 0.1) is 6.04 Å². The smallest absolute Gasteiger partial charge is 0.0602 e. The minimum Gasteiger partial charge on any atom is -0.309 e. The quantitative estimate of drug-likeness (QED) is 0.756. The van der Waals surface area contributed by atoms with E-state index in [2.05, 4.69) is 101 Å². The molecule has 1 spiro atoms. The van der Waals surface area contributed by atoms with E-state index in [1.54, 1.807) is 0 Å². The van der Waals surface area contributed by atoms with Crippen LogP contribution in [-0.2, 0) is 0 Å². The highest BCUT2D eigenvalue weighted by Crippen LogP contribution is 2.51. The van der Waals surface area contributed by atoms with E-state index < -0.39 is 0 Å². The van der Waals surface area contributed by atoms with Gasteiger partial charge in [0, 0.05) is 31.1 Å². The molecule has 0 unspecified atom stereocenters. The largest absolute Gasteiger partial charge is 0.309 e. The lowest BCUT2D eigenvalue weighted by Crippen LogP contribution is -2.72. The summed E-state index contributed by atoms with van der Waals surface area (Å²) >= 11 is 0. The maximum absolute atomic E-state index is 3.67. The summed E-state index contributed by atoms with van der Waals surface area (Å²) in [5.74, 6) is 0. The number of nitrogens with zero attached hydrogens (tertiary/aromatic N) is 1. The van der Waals surface area contributed by atoms with Crippen LogP contribution in [0.5, 0.6) is 0 Å². The van der Waals surface area contributed by atoms with E-state index in [0.717, 1.165) is 19.6 Å². The van der Waals surface area contributed by atoms with E-state index in [9.17, 15) is 0 Å². The van der Waals surface area contributed by atoms with Crippen LogP contribution in [0.3, 0.4) is 0 Å². The summed E-state index contributed by atoms with van der Waals surface area (Å²) in [4.78, 5) is 2.64. The molecule has 0 radical (unpaired) electrons. The predicted octanol–water partition coefficient (Wildman–Crippen LogP) is 4.42. The zero-order valence-corrected chi connectivity index (χ0v) is 14.9. The second kappa shape index (κ2) is 6.39. The minimum atomic E-state index is 0.347. The molecule has 0 bridgehead atoms.